The molecule has 0 saturated heterocycles. The number of rotatable bonds is 10. The lowest BCUT2D eigenvalue weighted by molar-refractivity contribution is -0.118. The highest BCUT2D eigenvalue weighted by Crippen LogP contribution is 2.30. The zero-order valence-corrected chi connectivity index (χ0v) is 21.9. The molecule has 0 aliphatic carbocycles. The van der Waals surface area contributed by atoms with Crippen LogP contribution in [0.4, 0.5) is 5.69 Å². The number of nitrogens with one attached hydrogen (secondary N) is 2. The van der Waals surface area contributed by atoms with E-state index in [0.29, 0.717) is 45.8 Å². The molecule has 40 heavy (non-hydrogen) atoms. The summed E-state index contributed by atoms with van der Waals surface area (Å²) in [6, 6.07) is 20.3. The summed E-state index contributed by atoms with van der Waals surface area (Å²) in [5.74, 6) is 0.0154. The Morgan fingerprint density at radius 3 is 2.50 bits per heavy atom. The Hall–Kier alpha value is -5.43. The second-order valence-electron chi connectivity index (χ2n) is 8.38. The smallest absolute Gasteiger partial charge is 0.338 e. The zero-order valence-electron chi connectivity index (χ0n) is 21.9. The molecule has 4 rings (SSSR count). The van der Waals surface area contributed by atoms with Gasteiger partial charge < -0.3 is 24.5 Å². The standard InChI is InChI=1S/C30H26N4O6/c1-3-38-26-16-19(15-21(17-31)28-33-24-8-6-5-7-23(24)29(36)34-28)9-14-25(26)40-18-27(35)32-22-12-10-20(11-13-22)30(37)39-4-2/h5-16H,3-4,18H2,1-2H3,(H,32,35)(H,33,34,36)/b21-15+. The number of fused-ring (bicyclic) bond motifs is 1. The molecule has 0 saturated carbocycles. The first-order valence-electron chi connectivity index (χ1n) is 12.5. The number of carbonyl (C=O) groups excluding carboxylic acids is 2. The van der Waals surface area contributed by atoms with E-state index in [0.717, 1.165) is 0 Å². The molecule has 0 fully saturated rings. The third kappa shape index (κ3) is 6.71. The lowest BCUT2D eigenvalue weighted by atomic mass is 10.1. The first kappa shape index (κ1) is 27.6. The third-order valence-corrected chi connectivity index (χ3v) is 5.61. The normalized spacial score (nSPS) is 11.0. The Morgan fingerprint density at radius 1 is 1.00 bits per heavy atom. The van der Waals surface area contributed by atoms with Crippen molar-refractivity contribution in [2.24, 2.45) is 0 Å². The number of amides is 1. The van der Waals surface area contributed by atoms with Gasteiger partial charge in [0.2, 0.25) is 0 Å². The average molecular weight is 539 g/mol. The molecule has 4 aromatic rings. The van der Waals surface area contributed by atoms with Crippen LogP contribution in [0.1, 0.15) is 35.6 Å². The molecule has 1 amide bonds. The minimum absolute atomic E-state index is 0.149. The molecule has 1 heterocycles. The van der Waals surface area contributed by atoms with Crippen molar-refractivity contribution in [2.45, 2.75) is 13.8 Å². The fourth-order valence-electron chi connectivity index (χ4n) is 3.78. The molecule has 0 aliphatic heterocycles. The van der Waals surface area contributed by atoms with Crippen molar-refractivity contribution in [3.8, 4) is 17.6 Å². The SMILES string of the molecule is CCOC(=O)c1ccc(NC(=O)COc2ccc(/C=C(\C#N)c3nc4ccccc4c(=O)[nH]3)cc2OCC)cc1. The largest absolute Gasteiger partial charge is 0.490 e. The van der Waals surface area contributed by atoms with Gasteiger partial charge in [-0.25, -0.2) is 9.78 Å². The Labute approximate surface area is 229 Å². The van der Waals surface area contributed by atoms with Gasteiger partial charge in [0.05, 0.1) is 35.3 Å². The lowest BCUT2D eigenvalue weighted by Gasteiger charge is -2.13. The van der Waals surface area contributed by atoms with E-state index in [4.69, 9.17) is 14.2 Å². The summed E-state index contributed by atoms with van der Waals surface area (Å²) in [5, 5.41) is 12.9. The fraction of sp³-hybridized carbons (Fsp3) is 0.167. The third-order valence-electron chi connectivity index (χ3n) is 5.61. The number of allylic oxidation sites excluding steroid dienone is 1. The molecular formula is C30H26N4O6. The van der Waals surface area contributed by atoms with Gasteiger partial charge in [-0.2, -0.15) is 5.26 Å². The summed E-state index contributed by atoms with van der Waals surface area (Å²) in [6.07, 6.45) is 1.58. The molecule has 0 unspecified atom stereocenters. The van der Waals surface area contributed by atoms with Crippen molar-refractivity contribution in [1.82, 2.24) is 9.97 Å². The van der Waals surface area contributed by atoms with Gasteiger partial charge in [0.15, 0.2) is 23.9 Å². The summed E-state index contributed by atoms with van der Waals surface area (Å²) in [7, 11) is 0. The lowest BCUT2D eigenvalue weighted by Crippen LogP contribution is -2.20. The van der Waals surface area contributed by atoms with Crippen LogP contribution >= 0.6 is 0 Å². The van der Waals surface area contributed by atoms with E-state index >= 15 is 0 Å². The quantitative estimate of drug-likeness (QED) is 0.221. The fourth-order valence-corrected chi connectivity index (χ4v) is 3.78. The van der Waals surface area contributed by atoms with Gasteiger partial charge >= 0.3 is 5.97 Å². The number of esters is 1. The molecule has 0 aliphatic rings. The molecule has 0 atom stereocenters. The zero-order chi connectivity index (χ0) is 28.5. The van der Waals surface area contributed by atoms with Crippen molar-refractivity contribution in [3.63, 3.8) is 0 Å². The summed E-state index contributed by atoms with van der Waals surface area (Å²) in [4.78, 5) is 43.8. The molecule has 0 spiro atoms. The maximum absolute atomic E-state index is 12.5. The number of aromatic nitrogens is 2. The number of hydrogen-bond acceptors (Lipinski definition) is 8. The number of H-pyrrole nitrogens is 1. The van der Waals surface area contributed by atoms with Gasteiger partial charge in [-0.05, 0) is 74.0 Å². The van der Waals surface area contributed by atoms with Crippen LogP contribution in [-0.2, 0) is 9.53 Å². The number of anilines is 1. The van der Waals surface area contributed by atoms with Crippen LogP contribution in [0.25, 0.3) is 22.6 Å². The van der Waals surface area contributed by atoms with E-state index in [1.165, 1.54) is 0 Å². The van der Waals surface area contributed by atoms with Crippen molar-refractivity contribution in [1.29, 1.82) is 5.26 Å². The molecule has 3 aromatic carbocycles. The summed E-state index contributed by atoms with van der Waals surface area (Å²) in [5.41, 5.74) is 1.79. The van der Waals surface area contributed by atoms with Crippen LogP contribution in [0.15, 0.2) is 71.5 Å². The van der Waals surface area contributed by atoms with E-state index < -0.39 is 11.9 Å². The van der Waals surface area contributed by atoms with Gasteiger partial charge in [-0.3, -0.25) is 9.59 Å². The first-order chi connectivity index (χ1) is 19.4. The number of nitriles is 1. The predicted molar refractivity (Wildman–Crippen MR) is 150 cm³/mol. The van der Waals surface area contributed by atoms with Crippen molar-refractivity contribution in [3.05, 3.63) is 94.0 Å². The number of carbonyl (C=O) groups is 2. The minimum atomic E-state index is -0.436. The topological polar surface area (TPSA) is 143 Å². The van der Waals surface area contributed by atoms with E-state index in [-0.39, 0.29) is 30.2 Å². The van der Waals surface area contributed by atoms with Crippen LogP contribution in [0, 0.1) is 11.3 Å². The van der Waals surface area contributed by atoms with Crippen molar-refractivity contribution >= 4 is 40.1 Å². The van der Waals surface area contributed by atoms with Crippen LogP contribution in [0.2, 0.25) is 0 Å². The van der Waals surface area contributed by atoms with Crippen LogP contribution < -0.4 is 20.3 Å². The van der Waals surface area contributed by atoms with Gasteiger partial charge in [-0.15, -0.1) is 0 Å². The molecule has 10 heteroatoms. The first-order valence-corrected chi connectivity index (χ1v) is 12.5. The van der Waals surface area contributed by atoms with Gasteiger partial charge in [0.1, 0.15) is 6.07 Å². The maximum Gasteiger partial charge on any atom is 0.338 e. The average Bonchev–Trinajstić information content (AvgIpc) is 2.96. The van der Waals surface area contributed by atoms with Gasteiger partial charge in [0, 0.05) is 5.69 Å². The van der Waals surface area contributed by atoms with E-state index in [1.54, 1.807) is 79.7 Å². The second-order valence-corrected chi connectivity index (χ2v) is 8.38. The number of ether oxygens (including phenoxy) is 3. The van der Waals surface area contributed by atoms with E-state index in [9.17, 15) is 19.6 Å². The highest BCUT2D eigenvalue weighted by atomic mass is 16.5. The molecule has 1 aromatic heterocycles. The molecule has 10 nitrogen and oxygen atoms in total. The second kappa shape index (κ2) is 12.9. The number of benzene rings is 3. The molecule has 2 N–H and O–H groups in total. The molecule has 0 bridgehead atoms. The minimum Gasteiger partial charge on any atom is -0.490 e. The summed E-state index contributed by atoms with van der Waals surface area (Å²) in [6.45, 7) is 3.86. The van der Waals surface area contributed by atoms with Gasteiger partial charge in [0.25, 0.3) is 11.5 Å². The van der Waals surface area contributed by atoms with Crippen molar-refractivity contribution in [2.75, 3.05) is 25.1 Å². The van der Waals surface area contributed by atoms with Gasteiger partial charge in [-0.1, -0.05) is 18.2 Å². The Kier molecular flexibility index (Phi) is 8.89. The van der Waals surface area contributed by atoms with E-state index in [1.807, 2.05) is 6.92 Å². The van der Waals surface area contributed by atoms with Crippen LogP contribution in [0.3, 0.4) is 0 Å². The van der Waals surface area contributed by atoms with Crippen LogP contribution in [0.5, 0.6) is 11.5 Å². The summed E-state index contributed by atoms with van der Waals surface area (Å²) >= 11 is 0. The highest BCUT2D eigenvalue weighted by molar-refractivity contribution is 5.94. The summed E-state index contributed by atoms with van der Waals surface area (Å²) < 4.78 is 16.3. The van der Waals surface area contributed by atoms with Crippen molar-refractivity contribution < 1.29 is 23.8 Å². The highest BCUT2D eigenvalue weighted by Gasteiger charge is 2.13. The molecule has 0 radical (unpaired) electrons. The number of aromatic amines is 1. The van der Waals surface area contributed by atoms with E-state index in [2.05, 4.69) is 21.4 Å². The Morgan fingerprint density at radius 2 is 1.77 bits per heavy atom. The number of para-hydroxylation sites is 1. The molecule has 202 valence electrons. The predicted octanol–water partition coefficient (Wildman–Crippen LogP) is 4.58. The number of nitrogens with zero attached hydrogens (tertiary/aromatic N) is 2. The number of hydrogen-bond donors (Lipinski definition) is 2. The molecular weight excluding hydrogens is 512 g/mol. The Bertz CT molecular complexity index is 1670. The monoisotopic (exact) mass is 538 g/mol. The van der Waals surface area contributed by atoms with Crippen LogP contribution in [-0.4, -0.2) is 41.7 Å². The Balaban J connectivity index is 1.47. The maximum atomic E-state index is 12.5.